The van der Waals surface area contributed by atoms with Gasteiger partial charge < -0.3 is 19.5 Å². The lowest BCUT2D eigenvalue weighted by Crippen LogP contribution is -2.27. The number of hydrogen-bond acceptors (Lipinski definition) is 5. The van der Waals surface area contributed by atoms with Crippen molar-refractivity contribution in [1.29, 1.82) is 0 Å². The molecule has 0 fully saturated rings. The fourth-order valence-electron chi connectivity index (χ4n) is 4.33. The Labute approximate surface area is 182 Å². The lowest BCUT2D eigenvalue weighted by Gasteiger charge is -2.24. The molecule has 0 bridgehead atoms. The number of carbonyl (C=O) groups is 1. The fraction of sp³-hybridized carbons (Fsp3) is 0.360. The largest absolute Gasteiger partial charge is 0.493 e. The third kappa shape index (κ3) is 4.02. The van der Waals surface area contributed by atoms with Gasteiger partial charge in [0.25, 0.3) is 5.91 Å². The van der Waals surface area contributed by atoms with Crippen molar-refractivity contribution < 1.29 is 19.0 Å². The van der Waals surface area contributed by atoms with E-state index in [1.165, 1.54) is 0 Å². The number of amides is 1. The molecule has 0 unspecified atom stereocenters. The zero-order valence-electron chi connectivity index (χ0n) is 18.5. The van der Waals surface area contributed by atoms with Crippen molar-refractivity contribution in [2.24, 2.45) is 5.92 Å². The second-order valence-electron chi connectivity index (χ2n) is 7.99. The minimum absolute atomic E-state index is 0.0855. The van der Waals surface area contributed by atoms with Gasteiger partial charge in [0, 0.05) is 17.6 Å². The first-order valence-electron chi connectivity index (χ1n) is 10.5. The zero-order chi connectivity index (χ0) is 22.0. The Hall–Kier alpha value is -3.28. The molecule has 31 heavy (non-hydrogen) atoms. The minimum atomic E-state index is -0.0855. The number of pyridine rings is 1. The normalized spacial score (nSPS) is 15.3. The quantitative estimate of drug-likeness (QED) is 0.643. The van der Waals surface area contributed by atoms with E-state index in [-0.39, 0.29) is 5.91 Å². The van der Waals surface area contributed by atoms with Gasteiger partial charge in [-0.3, -0.25) is 9.78 Å². The standard InChI is InChI=1S/C25H28N2O4/c1-15-9-10-20-18(11-15)23(17-7-5-6-8-19(17)27-20)25(28)26-14-16-12-21(29-2)24(31-4)22(13-16)30-3/h5-8,12-13,15H,9-11,14H2,1-4H3,(H,26,28)/t15-/m0/s1. The second-order valence-corrected chi connectivity index (χ2v) is 7.99. The number of fused-ring (bicyclic) bond motifs is 2. The van der Waals surface area contributed by atoms with E-state index in [0.717, 1.165) is 52.5 Å². The second kappa shape index (κ2) is 8.84. The van der Waals surface area contributed by atoms with Crippen LogP contribution in [-0.2, 0) is 19.4 Å². The molecule has 1 atom stereocenters. The molecule has 3 aromatic rings. The summed E-state index contributed by atoms with van der Waals surface area (Å²) in [7, 11) is 4.73. The maximum atomic E-state index is 13.4. The molecular weight excluding hydrogens is 392 g/mol. The summed E-state index contributed by atoms with van der Waals surface area (Å²) in [6, 6.07) is 11.6. The van der Waals surface area contributed by atoms with Crippen LogP contribution in [0, 0.1) is 5.92 Å². The van der Waals surface area contributed by atoms with Gasteiger partial charge >= 0.3 is 0 Å². The van der Waals surface area contributed by atoms with E-state index in [2.05, 4.69) is 12.2 Å². The summed E-state index contributed by atoms with van der Waals surface area (Å²) in [6.07, 6.45) is 2.89. The number of nitrogens with one attached hydrogen (secondary N) is 1. The molecule has 1 aromatic heterocycles. The lowest BCUT2D eigenvalue weighted by molar-refractivity contribution is 0.0951. The molecule has 1 aliphatic rings. The van der Waals surface area contributed by atoms with E-state index in [9.17, 15) is 4.79 Å². The molecule has 0 spiro atoms. The maximum Gasteiger partial charge on any atom is 0.252 e. The van der Waals surface area contributed by atoms with E-state index in [1.807, 2.05) is 36.4 Å². The molecule has 0 radical (unpaired) electrons. The SMILES string of the molecule is COc1cc(CNC(=O)c2c3c(nc4ccccc24)CC[C@H](C)C3)cc(OC)c1OC. The minimum Gasteiger partial charge on any atom is -0.493 e. The molecule has 0 aliphatic heterocycles. The van der Waals surface area contributed by atoms with E-state index in [0.29, 0.717) is 29.7 Å². The Morgan fingerprint density at radius 1 is 1.10 bits per heavy atom. The smallest absolute Gasteiger partial charge is 0.252 e. The Balaban J connectivity index is 1.68. The van der Waals surface area contributed by atoms with Gasteiger partial charge in [-0.05, 0) is 54.5 Å². The number of aromatic nitrogens is 1. The zero-order valence-corrected chi connectivity index (χ0v) is 18.5. The summed E-state index contributed by atoms with van der Waals surface area (Å²) >= 11 is 0. The van der Waals surface area contributed by atoms with Gasteiger partial charge in [-0.2, -0.15) is 0 Å². The van der Waals surface area contributed by atoms with Crippen LogP contribution in [0.2, 0.25) is 0 Å². The molecule has 1 heterocycles. The van der Waals surface area contributed by atoms with E-state index < -0.39 is 0 Å². The average Bonchev–Trinajstić information content (AvgIpc) is 2.80. The van der Waals surface area contributed by atoms with Crippen LogP contribution in [0.3, 0.4) is 0 Å². The fourth-order valence-corrected chi connectivity index (χ4v) is 4.33. The Kier molecular flexibility index (Phi) is 5.98. The molecule has 4 rings (SSSR count). The first-order valence-corrected chi connectivity index (χ1v) is 10.5. The number of hydrogen-bond donors (Lipinski definition) is 1. The molecule has 1 N–H and O–H groups in total. The number of aryl methyl sites for hydroxylation is 1. The van der Waals surface area contributed by atoms with E-state index >= 15 is 0 Å². The Morgan fingerprint density at radius 2 is 1.81 bits per heavy atom. The number of ether oxygens (including phenoxy) is 3. The highest BCUT2D eigenvalue weighted by Gasteiger charge is 2.25. The monoisotopic (exact) mass is 420 g/mol. The van der Waals surface area contributed by atoms with E-state index in [4.69, 9.17) is 19.2 Å². The summed E-state index contributed by atoms with van der Waals surface area (Å²) in [5.41, 5.74) is 4.62. The number of nitrogens with zero attached hydrogens (tertiary/aromatic N) is 1. The van der Waals surface area contributed by atoms with Crippen molar-refractivity contribution >= 4 is 16.8 Å². The maximum absolute atomic E-state index is 13.4. The molecule has 162 valence electrons. The van der Waals surface area contributed by atoms with Crippen molar-refractivity contribution in [2.45, 2.75) is 32.7 Å². The molecule has 1 aliphatic carbocycles. The Morgan fingerprint density at radius 3 is 2.48 bits per heavy atom. The van der Waals surface area contributed by atoms with Crippen LogP contribution in [0.4, 0.5) is 0 Å². The topological polar surface area (TPSA) is 69.7 Å². The third-order valence-electron chi connectivity index (χ3n) is 5.91. The van der Waals surface area contributed by atoms with Crippen LogP contribution in [0.5, 0.6) is 17.2 Å². The molecule has 0 saturated heterocycles. The van der Waals surface area contributed by atoms with Gasteiger partial charge in [-0.25, -0.2) is 0 Å². The number of para-hydroxylation sites is 1. The highest BCUT2D eigenvalue weighted by Crippen LogP contribution is 2.38. The molecule has 6 heteroatoms. The lowest BCUT2D eigenvalue weighted by atomic mass is 9.84. The van der Waals surface area contributed by atoms with Crippen LogP contribution in [0.1, 0.15) is 40.5 Å². The predicted octanol–water partition coefficient (Wildman–Crippen LogP) is 4.32. The molecule has 1 amide bonds. The summed E-state index contributed by atoms with van der Waals surface area (Å²) in [6.45, 7) is 2.58. The molecule has 6 nitrogen and oxygen atoms in total. The summed E-state index contributed by atoms with van der Waals surface area (Å²) in [4.78, 5) is 18.3. The van der Waals surface area contributed by atoms with Crippen molar-refractivity contribution in [1.82, 2.24) is 10.3 Å². The van der Waals surface area contributed by atoms with Crippen molar-refractivity contribution in [3.8, 4) is 17.2 Å². The summed E-state index contributed by atoms with van der Waals surface area (Å²) < 4.78 is 16.2. The number of benzene rings is 2. The van der Waals surface area contributed by atoms with Crippen molar-refractivity contribution in [2.75, 3.05) is 21.3 Å². The predicted molar refractivity (Wildman–Crippen MR) is 120 cm³/mol. The van der Waals surface area contributed by atoms with Gasteiger partial charge in [0.05, 0.1) is 32.4 Å². The highest BCUT2D eigenvalue weighted by atomic mass is 16.5. The molecule has 2 aromatic carbocycles. The van der Waals surface area contributed by atoms with Crippen LogP contribution < -0.4 is 19.5 Å². The summed E-state index contributed by atoms with van der Waals surface area (Å²) in [5, 5.41) is 3.99. The first kappa shape index (κ1) is 21.0. The van der Waals surface area contributed by atoms with Crippen molar-refractivity contribution in [3.05, 3.63) is 58.8 Å². The number of rotatable bonds is 6. The average molecular weight is 421 g/mol. The van der Waals surface area contributed by atoms with Gasteiger partial charge in [0.15, 0.2) is 11.5 Å². The summed E-state index contributed by atoms with van der Waals surface area (Å²) in [5.74, 6) is 2.11. The number of methoxy groups -OCH3 is 3. The highest BCUT2D eigenvalue weighted by molar-refractivity contribution is 6.07. The molecular formula is C25H28N2O4. The van der Waals surface area contributed by atoms with Crippen molar-refractivity contribution in [3.63, 3.8) is 0 Å². The van der Waals surface area contributed by atoms with E-state index in [1.54, 1.807) is 21.3 Å². The van der Waals surface area contributed by atoms with Crippen LogP contribution >= 0.6 is 0 Å². The first-order chi connectivity index (χ1) is 15.0. The van der Waals surface area contributed by atoms with Crippen LogP contribution in [0.15, 0.2) is 36.4 Å². The third-order valence-corrected chi connectivity index (χ3v) is 5.91. The molecule has 0 saturated carbocycles. The Bertz CT molecular complexity index is 1100. The van der Waals surface area contributed by atoms with Crippen LogP contribution in [0.25, 0.3) is 10.9 Å². The van der Waals surface area contributed by atoms with Gasteiger partial charge in [0.2, 0.25) is 5.75 Å². The van der Waals surface area contributed by atoms with Gasteiger partial charge in [-0.15, -0.1) is 0 Å². The number of carbonyl (C=O) groups excluding carboxylic acids is 1. The van der Waals surface area contributed by atoms with Gasteiger partial charge in [0.1, 0.15) is 0 Å². The van der Waals surface area contributed by atoms with Gasteiger partial charge in [-0.1, -0.05) is 25.1 Å². The van der Waals surface area contributed by atoms with Crippen LogP contribution in [-0.4, -0.2) is 32.2 Å².